The number of nitrogens with zero attached hydrogens (tertiary/aromatic N) is 1. The molecule has 0 aliphatic rings. The van der Waals surface area contributed by atoms with Crippen LogP contribution in [0.4, 0.5) is 0 Å². The Balaban J connectivity index is 2.50. The summed E-state index contributed by atoms with van der Waals surface area (Å²) in [7, 11) is 1.73. The number of rotatable bonds is 7. The minimum atomic E-state index is -0.104. The number of benzene rings is 1. The predicted octanol–water partition coefficient (Wildman–Crippen LogP) is 2.88. The van der Waals surface area contributed by atoms with Crippen LogP contribution >= 0.6 is 23.2 Å². The number of nitrogens with one attached hydrogen (secondary N) is 1. The van der Waals surface area contributed by atoms with E-state index < -0.39 is 0 Å². The molecule has 0 saturated heterocycles. The Kier molecular flexibility index (Phi) is 7.15. The van der Waals surface area contributed by atoms with Crippen molar-refractivity contribution in [1.82, 2.24) is 10.2 Å². The van der Waals surface area contributed by atoms with Crippen molar-refractivity contribution in [2.75, 3.05) is 26.7 Å². The van der Waals surface area contributed by atoms with Crippen LogP contribution in [0.3, 0.4) is 0 Å². The molecule has 0 bridgehead atoms. The highest BCUT2D eigenvalue weighted by molar-refractivity contribution is 6.42. The lowest BCUT2D eigenvalue weighted by molar-refractivity contribution is -0.121. The van der Waals surface area contributed by atoms with E-state index in [0.717, 1.165) is 0 Å². The second-order valence-electron chi connectivity index (χ2n) is 5.42. The third-order valence-corrected chi connectivity index (χ3v) is 3.52. The summed E-state index contributed by atoms with van der Waals surface area (Å²) in [5.41, 5.74) is 0.485. The molecule has 1 N–H and O–H groups in total. The Morgan fingerprint density at radius 2 is 1.86 bits per heavy atom. The molecule has 0 saturated carbocycles. The Morgan fingerprint density at radius 3 is 2.43 bits per heavy atom. The van der Waals surface area contributed by atoms with Gasteiger partial charge in [-0.3, -0.25) is 14.5 Å². The fourth-order valence-corrected chi connectivity index (χ4v) is 1.98. The third kappa shape index (κ3) is 6.46. The Bertz CT molecular complexity index is 518. The summed E-state index contributed by atoms with van der Waals surface area (Å²) in [5.74, 6) is 0.206. The Labute approximate surface area is 135 Å². The smallest absolute Gasteiger partial charge is 0.234 e. The summed E-state index contributed by atoms with van der Waals surface area (Å²) in [6, 6.07) is 4.76. The lowest BCUT2D eigenvalue weighted by atomic mass is 10.1. The highest BCUT2D eigenvalue weighted by Crippen LogP contribution is 2.22. The van der Waals surface area contributed by atoms with Crippen LogP contribution in [-0.2, 0) is 4.79 Å². The van der Waals surface area contributed by atoms with Crippen molar-refractivity contribution < 1.29 is 9.59 Å². The normalized spacial score (nSPS) is 11.0. The summed E-state index contributed by atoms with van der Waals surface area (Å²) >= 11 is 11.7. The van der Waals surface area contributed by atoms with E-state index in [4.69, 9.17) is 23.2 Å². The van der Waals surface area contributed by atoms with Crippen LogP contribution < -0.4 is 5.32 Å². The molecule has 1 amide bonds. The predicted molar refractivity (Wildman–Crippen MR) is 86.1 cm³/mol. The summed E-state index contributed by atoms with van der Waals surface area (Å²) in [4.78, 5) is 25.4. The molecule has 116 valence electrons. The Morgan fingerprint density at radius 1 is 1.19 bits per heavy atom. The molecule has 0 atom stereocenters. The number of carbonyl (C=O) groups is 2. The first-order valence-electron chi connectivity index (χ1n) is 6.73. The van der Waals surface area contributed by atoms with Crippen LogP contribution in [0, 0.1) is 5.92 Å². The molecule has 0 aliphatic heterocycles. The van der Waals surface area contributed by atoms with Crippen molar-refractivity contribution >= 4 is 34.9 Å². The van der Waals surface area contributed by atoms with Crippen LogP contribution in [0.1, 0.15) is 24.2 Å². The summed E-state index contributed by atoms with van der Waals surface area (Å²) in [6.07, 6.45) is 0. The number of Topliss-reactive ketones (excluding diaryl/α,β-unsaturated/α-hetero) is 1. The lowest BCUT2D eigenvalue weighted by Gasteiger charge is -2.16. The molecule has 21 heavy (non-hydrogen) atoms. The Hall–Kier alpha value is -1.10. The molecule has 0 fully saturated rings. The maximum absolute atomic E-state index is 12.1. The average molecular weight is 331 g/mol. The topological polar surface area (TPSA) is 49.4 Å². The molecule has 1 aromatic rings. The minimum absolute atomic E-state index is 0.0897. The van der Waals surface area contributed by atoms with Gasteiger partial charge in [0.15, 0.2) is 5.78 Å². The van der Waals surface area contributed by atoms with E-state index in [2.05, 4.69) is 5.32 Å². The first-order valence-corrected chi connectivity index (χ1v) is 7.48. The molecule has 6 heteroatoms. The van der Waals surface area contributed by atoms with Gasteiger partial charge in [-0.1, -0.05) is 37.0 Å². The highest BCUT2D eigenvalue weighted by Gasteiger charge is 2.13. The van der Waals surface area contributed by atoms with E-state index in [1.54, 1.807) is 30.1 Å². The van der Waals surface area contributed by atoms with Gasteiger partial charge in [0.05, 0.1) is 23.1 Å². The standard InChI is InChI=1S/C15H20Cl2N2O2/c1-10(2)7-18-15(21)9-19(3)8-14(20)11-4-5-12(16)13(17)6-11/h4-6,10H,7-9H2,1-3H3,(H,18,21). The van der Waals surface area contributed by atoms with E-state index in [1.165, 1.54) is 0 Å². The lowest BCUT2D eigenvalue weighted by Crippen LogP contribution is -2.38. The molecular weight excluding hydrogens is 311 g/mol. The zero-order chi connectivity index (χ0) is 16.0. The number of hydrogen-bond acceptors (Lipinski definition) is 3. The van der Waals surface area contributed by atoms with Gasteiger partial charge in [-0.15, -0.1) is 0 Å². The van der Waals surface area contributed by atoms with Crippen LogP contribution in [0.15, 0.2) is 18.2 Å². The monoisotopic (exact) mass is 330 g/mol. The average Bonchev–Trinajstić information content (AvgIpc) is 2.39. The van der Waals surface area contributed by atoms with Gasteiger partial charge in [0, 0.05) is 12.1 Å². The first-order chi connectivity index (χ1) is 9.79. The number of ketones is 1. The number of hydrogen-bond donors (Lipinski definition) is 1. The van der Waals surface area contributed by atoms with E-state index >= 15 is 0 Å². The van der Waals surface area contributed by atoms with E-state index in [9.17, 15) is 9.59 Å². The van der Waals surface area contributed by atoms with E-state index in [-0.39, 0.29) is 24.8 Å². The summed E-state index contributed by atoms with van der Waals surface area (Å²) < 4.78 is 0. The van der Waals surface area contributed by atoms with Gasteiger partial charge in [-0.2, -0.15) is 0 Å². The van der Waals surface area contributed by atoms with Crippen molar-refractivity contribution in [3.05, 3.63) is 33.8 Å². The zero-order valence-corrected chi connectivity index (χ0v) is 14.0. The van der Waals surface area contributed by atoms with Crippen LogP contribution in [0.5, 0.6) is 0 Å². The molecule has 4 nitrogen and oxygen atoms in total. The van der Waals surface area contributed by atoms with E-state index in [1.807, 2.05) is 13.8 Å². The number of likely N-dealkylation sites (N-methyl/N-ethyl adjacent to an activating group) is 1. The van der Waals surface area contributed by atoms with Crippen molar-refractivity contribution in [2.45, 2.75) is 13.8 Å². The van der Waals surface area contributed by atoms with Gasteiger partial charge < -0.3 is 5.32 Å². The molecule has 0 heterocycles. The van der Waals surface area contributed by atoms with Gasteiger partial charge in [0.2, 0.25) is 5.91 Å². The van der Waals surface area contributed by atoms with Crippen molar-refractivity contribution in [2.24, 2.45) is 5.92 Å². The van der Waals surface area contributed by atoms with Crippen LogP contribution in [-0.4, -0.2) is 43.3 Å². The molecule has 0 unspecified atom stereocenters. The number of carbonyl (C=O) groups excluding carboxylic acids is 2. The summed E-state index contributed by atoms with van der Waals surface area (Å²) in [5, 5.41) is 3.57. The molecular formula is C15H20Cl2N2O2. The fraction of sp³-hybridized carbons (Fsp3) is 0.467. The second-order valence-corrected chi connectivity index (χ2v) is 6.24. The molecule has 1 rings (SSSR count). The second kappa shape index (κ2) is 8.37. The largest absolute Gasteiger partial charge is 0.355 e. The van der Waals surface area contributed by atoms with Gasteiger partial charge in [0.25, 0.3) is 0 Å². The van der Waals surface area contributed by atoms with Crippen LogP contribution in [0.2, 0.25) is 10.0 Å². The fourth-order valence-electron chi connectivity index (χ4n) is 1.68. The van der Waals surface area contributed by atoms with Crippen molar-refractivity contribution in [1.29, 1.82) is 0 Å². The van der Waals surface area contributed by atoms with Crippen LogP contribution in [0.25, 0.3) is 0 Å². The quantitative estimate of drug-likeness (QED) is 0.782. The number of amides is 1. The van der Waals surface area contributed by atoms with E-state index in [0.29, 0.717) is 28.1 Å². The molecule has 0 radical (unpaired) electrons. The minimum Gasteiger partial charge on any atom is -0.355 e. The molecule has 0 spiro atoms. The van der Waals surface area contributed by atoms with Gasteiger partial charge >= 0.3 is 0 Å². The maximum atomic E-state index is 12.1. The van der Waals surface area contributed by atoms with Gasteiger partial charge in [0.1, 0.15) is 0 Å². The maximum Gasteiger partial charge on any atom is 0.234 e. The number of halogens is 2. The summed E-state index contributed by atoms with van der Waals surface area (Å²) in [6.45, 7) is 5.01. The van der Waals surface area contributed by atoms with Gasteiger partial charge in [-0.25, -0.2) is 0 Å². The third-order valence-electron chi connectivity index (χ3n) is 2.78. The molecule has 0 aromatic heterocycles. The SMILES string of the molecule is CC(C)CNC(=O)CN(C)CC(=O)c1ccc(Cl)c(Cl)c1. The molecule has 1 aromatic carbocycles. The first kappa shape index (κ1) is 18.0. The zero-order valence-electron chi connectivity index (χ0n) is 12.5. The highest BCUT2D eigenvalue weighted by atomic mass is 35.5. The van der Waals surface area contributed by atoms with Crippen molar-refractivity contribution in [3.8, 4) is 0 Å². The van der Waals surface area contributed by atoms with Crippen molar-refractivity contribution in [3.63, 3.8) is 0 Å². The molecule has 0 aliphatic carbocycles. The van der Waals surface area contributed by atoms with Gasteiger partial charge in [-0.05, 0) is 31.2 Å².